The van der Waals surface area contributed by atoms with Crippen LogP contribution in [0.4, 0.5) is 20.2 Å². The number of nitrogens with zero attached hydrogens (tertiary/aromatic N) is 2. The number of unbranched alkanes of at least 4 members (excludes halogenated alkanes) is 4. The molecule has 0 unspecified atom stereocenters. The van der Waals surface area contributed by atoms with Crippen molar-refractivity contribution in [2.45, 2.75) is 124 Å². The van der Waals surface area contributed by atoms with E-state index in [2.05, 4.69) is 126 Å². The standard InChI is InChI=1S/C49H61F2N2O/c1-10-12-14-27-52-42-23-19-33(3)29-38(42)48(5,6)44(52)25-21-35-17-16-18-36(46(35)47-40(50)31-37(54-9)32-41(47)51)22-26-45-49(7,8)39-30-34(4)20-24-43(39)53(45)28-15-13-11-2/h19-26,29-32H,10-18,27-28H2,1-9H3/q+1. The molecule has 0 fully saturated rings. The number of rotatable bonds is 13. The van der Waals surface area contributed by atoms with Crippen LogP contribution in [0.1, 0.15) is 127 Å². The lowest BCUT2D eigenvalue weighted by molar-refractivity contribution is -0.438. The van der Waals surface area contributed by atoms with E-state index in [9.17, 15) is 0 Å². The van der Waals surface area contributed by atoms with Crippen LogP contribution in [0.2, 0.25) is 0 Å². The third-order valence-corrected chi connectivity index (χ3v) is 12.0. The topological polar surface area (TPSA) is 15.5 Å². The van der Waals surface area contributed by atoms with E-state index >= 15 is 8.78 Å². The van der Waals surface area contributed by atoms with Crippen molar-refractivity contribution in [1.29, 1.82) is 0 Å². The summed E-state index contributed by atoms with van der Waals surface area (Å²) in [6.45, 7) is 19.9. The van der Waals surface area contributed by atoms with Gasteiger partial charge in [0.25, 0.3) is 0 Å². The van der Waals surface area contributed by atoms with Gasteiger partial charge < -0.3 is 9.64 Å². The maximum Gasteiger partial charge on any atom is 0.209 e. The summed E-state index contributed by atoms with van der Waals surface area (Å²) in [5.41, 5.74) is 12.3. The second kappa shape index (κ2) is 16.2. The molecule has 6 rings (SSSR count). The third kappa shape index (κ3) is 7.53. The van der Waals surface area contributed by atoms with Gasteiger partial charge in [0, 0.05) is 59.6 Å². The lowest BCUT2D eigenvalue weighted by Crippen LogP contribution is -2.28. The van der Waals surface area contributed by atoms with Gasteiger partial charge in [0.05, 0.1) is 18.1 Å². The molecular formula is C49H61F2N2O+. The van der Waals surface area contributed by atoms with Gasteiger partial charge in [0.1, 0.15) is 23.9 Å². The summed E-state index contributed by atoms with van der Waals surface area (Å²) in [5.74, 6) is -1.02. The third-order valence-electron chi connectivity index (χ3n) is 12.0. The number of anilines is 1. The van der Waals surface area contributed by atoms with E-state index in [1.807, 2.05) is 0 Å². The van der Waals surface area contributed by atoms with Gasteiger partial charge in [-0.2, -0.15) is 4.58 Å². The Balaban J connectivity index is 1.52. The minimum absolute atomic E-state index is 0.0265. The molecule has 0 aromatic heterocycles. The highest BCUT2D eigenvalue weighted by Gasteiger charge is 2.44. The number of allylic oxidation sites excluding steroid dienone is 8. The van der Waals surface area contributed by atoms with E-state index in [0.29, 0.717) is 5.57 Å². The Hall–Kier alpha value is -4.25. The van der Waals surface area contributed by atoms with Gasteiger partial charge in [-0.3, -0.25) is 0 Å². The summed E-state index contributed by atoms with van der Waals surface area (Å²) in [7, 11) is 1.45. The van der Waals surface area contributed by atoms with Crippen molar-refractivity contribution in [3.05, 3.63) is 129 Å². The summed E-state index contributed by atoms with van der Waals surface area (Å²) < 4.78 is 40.2. The largest absolute Gasteiger partial charge is 0.497 e. The van der Waals surface area contributed by atoms with Crippen molar-refractivity contribution in [3.8, 4) is 5.75 Å². The zero-order valence-corrected chi connectivity index (χ0v) is 34.3. The SMILES string of the molecule is CCCCCN1C(=CC=C2CCCC(C=CC3=[N+](CCCCC)c4ccc(C)cc4C3(C)C)=C2c2c(F)cc(OC)cc2F)C(C)(C)c2cc(C)ccc21. The predicted molar refractivity (Wildman–Crippen MR) is 224 cm³/mol. The van der Waals surface area contributed by atoms with Crippen LogP contribution in [0.3, 0.4) is 0 Å². The highest BCUT2D eigenvalue weighted by molar-refractivity contribution is 6.03. The van der Waals surface area contributed by atoms with Gasteiger partial charge in [-0.05, 0) is 100 Å². The highest BCUT2D eigenvalue weighted by atomic mass is 19.1. The number of fused-ring (bicyclic) bond motifs is 2. The molecule has 3 aliphatic rings. The Morgan fingerprint density at radius 3 is 2.13 bits per heavy atom. The Kier molecular flexibility index (Phi) is 11.9. The molecule has 0 atom stereocenters. The van der Waals surface area contributed by atoms with Gasteiger partial charge >= 0.3 is 0 Å². The summed E-state index contributed by atoms with van der Waals surface area (Å²) in [5, 5.41) is 0. The molecule has 3 nitrogen and oxygen atoms in total. The van der Waals surface area contributed by atoms with E-state index in [-0.39, 0.29) is 22.1 Å². The number of methoxy groups -OCH3 is 1. The number of ether oxygens (including phenoxy) is 1. The first-order valence-corrected chi connectivity index (χ1v) is 20.3. The van der Waals surface area contributed by atoms with Gasteiger partial charge in [-0.25, -0.2) is 8.78 Å². The van der Waals surface area contributed by atoms with Crippen LogP contribution in [0.15, 0.2) is 89.7 Å². The van der Waals surface area contributed by atoms with Gasteiger partial charge in [0.15, 0.2) is 5.71 Å². The first kappa shape index (κ1) is 39.4. The van der Waals surface area contributed by atoms with Crippen molar-refractivity contribution in [2.75, 3.05) is 25.1 Å². The minimum Gasteiger partial charge on any atom is -0.497 e. The fraction of sp³-hybridized carbons (Fsp3) is 0.449. The summed E-state index contributed by atoms with van der Waals surface area (Å²) in [6, 6.07) is 16.2. The van der Waals surface area contributed by atoms with E-state index < -0.39 is 11.6 Å². The second-order valence-electron chi connectivity index (χ2n) is 16.7. The van der Waals surface area contributed by atoms with Crippen molar-refractivity contribution in [3.63, 3.8) is 0 Å². The predicted octanol–water partition coefficient (Wildman–Crippen LogP) is 13.1. The Labute approximate surface area is 323 Å². The molecule has 54 heavy (non-hydrogen) atoms. The first-order chi connectivity index (χ1) is 25.8. The zero-order valence-electron chi connectivity index (χ0n) is 34.3. The molecule has 3 aromatic carbocycles. The van der Waals surface area contributed by atoms with E-state index in [1.54, 1.807) is 0 Å². The minimum atomic E-state index is -0.601. The van der Waals surface area contributed by atoms with Gasteiger partial charge in [-0.15, -0.1) is 0 Å². The average molecular weight is 732 g/mol. The molecule has 0 bridgehead atoms. The molecule has 5 heteroatoms. The molecule has 3 aromatic rings. The monoisotopic (exact) mass is 731 g/mol. The molecule has 2 aliphatic heterocycles. The fourth-order valence-corrected chi connectivity index (χ4v) is 8.95. The van der Waals surface area contributed by atoms with Crippen molar-refractivity contribution in [1.82, 2.24) is 0 Å². The zero-order chi connectivity index (χ0) is 38.8. The summed E-state index contributed by atoms with van der Waals surface area (Å²) in [4.78, 5) is 2.48. The number of halogens is 2. The molecule has 0 amide bonds. The molecule has 0 spiro atoms. The number of aryl methyl sites for hydroxylation is 2. The Morgan fingerprint density at radius 1 is 0.778 bits per heavy atom. The lowest BCUT2D eigenvalue weighted by Gasteiger charge is -2.28. The molecule has 1 aliphatic carbocycles. The molecule has 0 saturated carbocycles. The molecular weight excluding hydrogens is 671 g/mol. The molecule has 0 N–H and O–H groups in total. The normalized spacial score (nSPS) is 19.1. The van der Waals surface area contributed by atoms with Gasteiger partial charge in [-0.1, -0.05) is 88.4 Å². The molecule has 0 saturated heterocycles. The van der Waals surface area contributed by atoms with Crippen molar-refractivity contribution in [2.24, 2.45) is 0 Å². The maximum absolute atomic E-state index is 16.2. The van der Waals surface area contributed by atoms with Crippen LogP contribution in [0.25, 0.3) is 5.57 Å². The molecule has 0 radical (unpaired) electrons. The van der Waals surface area contributed by atoms with Gasteiger partial charge in [0.2, 0.25) is 5.69 Å². The smallest absolute Gasteiger partial charge is 0.209 e. The van der Waals surface area contributed by atoms with Crippen LogP contribution in [0, 0.1) is 25.5 Å². The number of benzene rings is 3. The Morgan fingerprint density at radius 2 is 1.44 bits per heavy atom. The van der Waals surface area contributed by atoms with E-state index in [0.717, 1.165) is 69.2 Å². The van der Waals surface area contributed by atoms with Crippen LogP contribution >= 0.6 is 0 Å². The van der Waals surface area contributed by atoms with Crippen molar-refractivity contribution >= 4 is 22.7 Å². The second-order valence-corrected chi connectivity index (χ2v) is 16.7. The van der Waals surface area contributed by atoms with Crippen molar-refractivity contribution < 1.29 is 18.1 Å². The lowest BCUT2D eigenvalue weighted by atomic mass is 9.79. The highest BCUT2D eigenvalue weighted by Crippen LogP contribution is 2.49. The van der Waals surface area contributed by atoms with Crippen LogP contribution in [-0.2, 0) is 10.8 Å². The van der Waals surface area contributed by atoms with Crippen LogP contribution in [-0.4, -0.2) is 30.5 Å². The molecule has 2 heterocycles. The van der Waals surface area contributed by atoms with Crippen LogP contribution in [0.5, 0.6) is 5.75 Å². The fourth-order valence-electron chi connectivity index (χ4n) is 8.95. The summed E-state index contributed by atoms with van der Waals surface area (Å²) >= 11 is 0. The van der Waals surface area contributed by atoms with E-state index in [1.165, 1.54) is 77.1 Å². The average Bonchev–Trinajstić information content (AvgIpc) is 3.47. The van der Waals surface area contributed by atoms with Crippen LogP contribution < -0.4 is 9.64 Å². The maximum atomic E-state index is 16.2. The molecule has 286 valence electrons. The number of hydrogen-bond donors (Lipinski definition) is 0. The summed E-state index contributed by atoms with van der Waals surface area (Å²) in [6.07, 6.45) is 18.0. The quantitative estimate of drug-likeness (QED) is 0.128. The Bertz CT molecular complexity index is 2030. The van der Waals surface area contributed by atoms with E-state index in [4.69, 9.17) is 4.74 Å². The number of hydrogen-bond acceptors (Lipinski definition) is 2. The first-order valence-electron chi connectivity index (χ1n) is 20.3.